The van der Waals surface area contributed by atoms with Crippen LogP contribution in [0.15, 0.2) is 66.7 Å². The second-order valence-corrected chi connectivity index (χ2v) is 7.57. The number of carbonyl (C=O) groups is 1. The van der Waals surface area contributed by atoms with E-state index >= 15 is 0 Å². The highest BCUT2D eigenvalue weighted by Crippen LogP contribution is 2.27. The lowest BCUT2D eigenvalue weighted by Gasteiger charge is -2.08. The molecule has 0 aliphatic carbocycles. The number of methoxy groups -OCH3 is 1. The monoisotopic (exact) mass is 407 g/mol. The minimum absolute atomic E-state index is 0.0479. The molecule has 3 aromatic carbocycles. The number of fused-ring (bicyclic) bond motifs is 1. The standard InChI is InChI=1S/C23H18FNO3S/c1-27-23(26)13-15-6-11-18(19(24)12-15)16-7-9-17(10-8-16)28-14-22-25-20-4-2-3-5-21(20)29-22/h2-12H,13-14H2,1H3. The van der Waals surface area contributed by atoms with Gasteiger partial charge in [-0.2, -0.15) is 0 Å². The molecule has 1 heterocycles. The summed E-state index contributed by atoms with van der Waals surface area (Å²) in [6, 6.07) is 20.0. The van der Waals surface area contributed by atoms with E-state index in [9.17, 15) is 9.18 Å². The number of nitrogens with zero attached hydrogens (tertiary/aromatic N) is 1. The molecule has 4 rings (SSSR count). The van der Waals surface area contributed by atoms with E-state index in [1.807, 2.05) is 48.5 Å². The topological polar surface area (TPSA) is 48.4 Å². The molecule has 146 valence electrons. The van der Waals surface area contributed by atoms with Crippen molar-refractivity contribution >= 4 is 27.5 Å². The van der Waals surface area contributed by atoms with E-state index in [-0.39, 0.29) is 12.2 Å². The molecule has 6 heteroatoms. The number of esters is 1. The third-order valence-corrected chi connectivity index (χ3v) is 5.49. The summed E-state index contributed by atoms with van der Waals surface area (Å²) in [5.74, 6) is -0.0861. The van der Waals surface area contributed by atoms with Gasteiger partial charge in [0, 0.05) is 5.56 Å². The Morgan fingerprint density at radius 2 is 1.86 bits per heavy atom. The van der Waals surface area contributed by atoms with Crippen molar-refractivity contribution in [1.82, 2.24) is 4.98 Å². The molecule has 0 aliphatic heterocycles. The molecule has 0 saturated heterocycles. The Morgan fingerprint density at radius 1 is 1.07 bits per heavy atom. The number of halogens is 1. The summed E-state index contributed by atoms with van der Waals surface area (Å²) >= 11 is 1.61. The third kappa shape index (κ3) is 4.43. The van der Waals surface area contributed by atoms with Crippen LogP contribution in [-0.2, 0) is 22.6 Å². The van der Waals surface area contributed by atoms with Crippen LogP contribution in [0.25, 0.3) is 21.3 Å². The van der Waals surface area contributed by atoms with Crippen molar-refractivity contribution in [3.8, 4) is 16.9 Å². The lowest BCUT2D eigenvalue weighted by Crippen LogP contribution is -2.04. The summed E-state index contributed by atoms with van der Waals surface area (Å²) in [5.41, 5.74) is 2.75. The summed E-state index contributed by atoms with van der Waals surface area (Å²) in [4.78, 5) is 15.9. The first-order valence-electron chi connectivity index (χ1n) is 9.05. The van der Waals surface area contributed by atoms with Gasteiger partial charge in [0.25, 0.3) is 0 Å². The average molecular weight is 407 g/mol. The average Bonchev–Trinajstić information content (AvgIpc) is 3.16. The fraction of sp³-hybridized carbons (Fsp3) is 0.130. The van der Waals surface area contributed by atoms with Crippen LogP contribution in [0.4, 0.5) is 4.39 Å². The first-order valence-corrected chi connectivity index (χ1v) is 9.87. The highest BCUT2D eigenvalue weighted by atomic mass is 32.1. The lowest BCUT2D eigenvalue weighted by atomic mass is 10.0. The number of carbonyl (C=O) groups excluding carboxylic acids is 1. The zero-order chi connectivity index (χ0) is 20.2. The van der Waals surface area contributed by atoms with Crippen molar-refractivity contribution < 1.29 is 18.7 Å². The number of hydrogen-bond donors (Lipinski definition) is 0. The molecular weight excluding hydrogens is 389 g/mol. The predicted molar refractivity (Wildman–Crippen MR) is 112 cm³/mol. The molecule has 0 fully saturated rings. The number of hydrogen-bond acceptors (Lipinski definition) is 5. The molecule has 4 aromatic rings. The van der Waals surface area contributed by atoms with Crippen LogP contribution < -0.4 is 4.74 Å². The SMILES string of the molecule is COC(=O)Cc1ccc(-c2ccc(OCc3nc4ccccc4s3)cc2)c(F)c1. The lowest BCUT2D eigenvalue weighted by molar-refractivity contribution is -0.139. The van der Waals surface area contributed by atoms with E-state index in [4.69, 9.17) is 4.74 Å². The van der Waals surface area contributed by atoms with Crippen molar-refractivity contribution in [3.05, 3.63) is 83.1 Å². The summed E-state index contributed by atoms with van der Waals surface area (Å²) in [6.07, 6.45) is 0.0479. The molecule has 0 unspecified atom stereocenters. The number of aromatic nitrogens is 1. The van der Waals surface area contributed by atoms with Gasteiger partial charge in [0.1, 0.15) is 23.2 Å². The normalized spacial score (nSPS) is 10.8. The van der Waals surface area contributed by atoms with Crippen LogP contribution in [-0.4, -0.2) is 18.1 Å². The number of para-hydroxylation sites is 1. The Morgan fingerprint density at radius 3 is 2.59 bits per heavy atom. The first kappa shape index (κ1) is 19.1. The van der Waals surface area contributed by atoms with Gasteiger partial charge >= 0.3 is 5.97 Å². The first-order chi connectivity index (χ1) is 14.1. The van der Waals surface area contributed by atoms with Crippen molar-refractivity contribution in [1.29, 1.82) is 0 Å². The maximum absolute atomic E-state index is 14.5. The highest BCUT2D eigenvalue weighted by Gasteiger charge is 2.10. The molecular formula is C23H18FNO3S. The van der Waals surface area contributed by atoms with Gasteiger partial charge in [-0.3, -0.25) is 4.79 Å². The molecule has 0 N–H and O–H groups in total. The molecule has 0 atom stereocenters. The zero-order valence-corrected chi connectivity index (χ0v) is 16.5. The largest absolute Gasteiger partial charge is 0.486 e. The smallest absolute Gasteiger partial charge is 0.309 e. The van der Waals surface area contributed by atoms with E-state index < -0.39 is 5.97 Å². The molecule has 0 spiro atoms. The number of thiazole rings is 1. The number of benzene rings is 3. The zero-order valence-electron chi connectivity index (χ0n) is 15.7. The van der Waals surface area contributed by atoms with Crippen LogP contribution in [0, 0.1) is 5.82 Å². The molecule has 1 aromatic heterocycles. The van der Waals surface area contributed by atoms with Crippen LogP contribution >= 0.6 is 11.3 Å². The fourth-order valence-corrected chi connectivity index (χ4v) is 3.88. The maximum Gasteiger partial charge on any atom is 0.309 e. The van der Waals surface area contributed by atoms with Gasteiger partial charge < -0.3 is 9.47 Å². The van der Waals surface area contributed by atoms with Crippen LogP contribution in [0.5, 0.6) is 5.75 Å². The summed E-state index contributed by atoms with van der Waals surface area (Å²) in [6.45, 7) is 0.384. The van der Waals surface area contributed by atoms with E-state index in [0.717, 1.165) is 20.8 Å². The van der Waals surface area contributed by atoms with E-state index in [0.29, 0.717) is 23.5 Å². The van der Waals surface area contributed by atoms with Gasteiger partial charge in [-0.15, -0.1) is 11.3 Å². The predicted octanol–water partition coefficient (Wildman–Crippen LogP) is 5.40. The second-order valence-electron chi connectivity index (χ2n) is 6.46. The van der Waals surface area contributed by atoms with E-state index in [1.165, 1.54) is 13.2 Å². The van der Waals surface area contributed by atoms with Gasteiger partial charge in [0.2, 0.25) is 0 Å². The molecule has 0 amide bonds. The Labute approximate surface area is 171 Å². The Bertz CT molecular complexity index is 1120. The van der Waals surface area contributed by atoms with Crippen molar-refractivity contribution in [2.75, 3.05) is 7.11 Å². The summed E-state index contributed by atoms with van der Waals surface area (Å²) < 4.78 is 26.0. The Balaban J connectivity index is 1.44. The summed E-state index contributed by atoms with van der Waals surface area (Å²) in [7, 11) is 1.31. The van der Waals surface area contributed by atoms with Gasteiger partial charge in [0.05, 0.1) is 23.7 Å². The van der Waals surface area contributed by atoms with E-state index in [1.54, 1.807) is 23.5 Å². The van der Waals surface area contributed by atoms with Crippen molar-refractivity contribution in [3.63, 3.8) is 0 Å². The van der Waals surface area contributed by atoms with Crippen LogP contribution in [0.1, 0.15) is 10.6 Å². The van der Waals surface area contributed by atoms with E-state index in [2.05, 4.69) is 9.72 Å². The number of ether oxygens (including phenoxy) is 2. The fourth-order valence-electron chi connectivity index (χ4n) is 3.00. The second kappa shape index (κ2) is 8.41. The maximum atomic E-state index is 14.5. The van der Waals surface area contributed by atoms with Crippen molar-refractivity contribution in [2.45, 2.75) is 13.0 Å². The van der Waals surface area contributed by atoms with Crippen LogP contribution in [0.2, 0.25) is 0 Å². The summed E-state index contributed by atoms with van der Waals surface area (Å²) in [5, 5.41) is 0.905. The van der Waals surface area contributed by atoms with Gasteiger partial charge in [-0.25, -0.2) is 9.37 Å². The molecule has 0 radical (unpaired) electrons. The molecule has 29 heavy (non-hydrogen) atoms. The number of rotatable bonds is 6. The van der Waals surface area contributed by atoms with Gasteiger partial charge in [-0.05, 0) is 41.5 Å². The molecule has 4 nitrogen and oxygen atoms in total. The molecule has 0 saturated carbocycles. The molecule has 0 bridgehead atoms. The Hall–Kier alpha value is -3.25. The minimum Gasteiger partial charge on any atom is -0.486 e. The third-order valence-electron chi connectivity index (χ3n) is 4.48. The van der Waals surface area contributed by atoms with Gasteiger partial charge in [-0.1, -0.05) is 36.4 Å². The Kier molecular flexibility index (Phi) is 5.53. The minimum atomic E-state index is -0.397. The highest BCUT2D eigenvalue weighted by molar-refractivity contribution is 7.18. The quantitative estimate of drug-likeness (QED) is 0.402. The van der Waals surface area contributed by atoms with Gasteiger partial charge in [0.15, 0.2) is 0 Å². The van der Waals surface area contributed by atoms with Crippen LogP contribution in [0.3, 0.4) is 0 Å². The molecule has 0 aliphatic rings. The van der Waals surface area contributed by atoms with Crippen molar-refractivity contribution in [2.24, 2.45) is 0 Å².